The molecule has 1 heterocycles. The van der Waals surface area contributed by atoms with E-state index >= 15 is 0 Å². The van der Waals surface area contributed by atoms with Gasteiger partial charge in [0.25, 0.3) is 11.1 Å². The molecule has 6 heteroatoms. The van der Waals surface area contributed by atoms with E-state index in [1.165, 1.54) is 6.92 Å². The van der Waals surface area contributed by atoms with E-state index in [2.05, 4.69) is 9.40 Å². The predicted molar refractivity (Wildman–Crippen MR) is 41.6 cm³/mol. The lowest BCUT2D eigenvalue weighted by atomic mass is 10.4. The maximum atomic E-state index is 10.6. The van der Waals surface area contributed by atoms with Gasteiger partial charge in [0.15, 0.2) is 0 Å². The van der Waals surface area contributed by atoms with Gasteiger partial charge < -0.3 is 4.42 Å². The van der Waals surface area contributed by atoms with Crippen LogP contribution in [0.3, 0.4) is 0 Å². The van der Waals surface area contributed by atoms with Crippen molar-refractivity contribution in [2.45, 2.75) is 6.92 Å². The van der Waals surface area contributed by atoms with Crippen molar-refractivity contribution in [3.8, 4) is 0 Å². The van der Waals surface area contributed by atoms with Crippen LogP contribution < -0.4 is 0 Å². The summed E-state index contributed by atoms with van der Waals surface area (Å²) < 4.78 is 4.66. The maximum Gasteiger partial charge on any atom is 0.307 e. The Morgan fingerprint density at radius 1 is 1.33 bits per heavy atom. The second-order valence-electron chi connectivity index (χ2n) is 1.98. The quantitative estimate of drug-likeness (QED) is 0.694. The summed E-state index contributed by atoms with van der Waals surface area (Å²) in [5, 5.41) is -1.66. The minimum absolute atomic E-state index is 0.152. The van der Waals surface area contributed by atoms with E-state index in [-0.39, 0.29) is 17.3 Å². The third-order valence-corrected chi connectivity index (χ3v) is 1.48. The Bertz CT molecular complexity index is 345. The molecule has 0 aliphatic carbocycles. The molecule has 64 valence electrons. The highest BCUT2D eigenvalue weighted by molar-refractivity contribution is 6.68. The normalized spacial score (nSPS) is 9.92. The number of aromatic nitrogens is 1. The lowest BCUT2D eigenvalue weighted by Crippen LogP contribution is -1.87. The first-order chi connectivity index (χ1) is 5.52. The molecular formula is C6H3Cl2NO3. The minimum atomic E-state index is -0.859. The second-order valence-corrected chi connectivity index (χ2v) is 2.67. The Kier molecular flexibility index (Phi) is 2.49. The van der Waals surface area contributed by atoms with E-state index in [4.69, 9.17) is 23.2 Å². The van der Waals surface area contributed by atoms with Gasteiger partial charge in [0, 0.05) is 0 Å². The Hall–Kier alpha value is -0.870. The monoisotopic (exact) mass is 207 g/mol. The summed E-state index contributed by atoms with van der Waals surface area (Å²) in [4.78, 5) is 24.6. The van der Waals surface area contributed by atoms with Gasteiger partial charge in [-0.3, -0.25) is 9.59 Å². The summed E-state index contributed by atoms with van der Waals surface area (Å²) in [6.45, 7) is 1.49. The fourth-order valence-electron chi connectivity index (χ4n) is 0.663. The number of hydrogen-bond acceptors (Lipinski definition) is 4. The highest BCUT2D eigenvalue weighted by atomic mass is 35.5. The number of rotatable bonds is 2. The number of hydrogen-bond donors (Lipinski definition) is 0. The largest absolute Gasteiger partial charge is 0.428 e. The van der Waals surface area contributed by atoms with Crippen LogP contribution in [-0.2, 0) is 0 Å². The van der Waals surface area contributed by atoms with Crippen LogP contribution >= 0.6 is 23.2 Å². The second kappa shape index (κ2) is 3.25. The van der Waals surface area contributed by atoms with Crippen molar-refractivity contribution in [3.05, 3.63) is 17.3 Å². The third kappa shape index (κ3) is 1.65. The molecule has 0 amide bonds. The van der Waals surface area contributed by atoms with Crippen LogP contribution in [0.15, 0.2) is 4.42 Å². The molecule has 1 rings (SSSR count). The zero-order valence-corrected chi connectivity index (χ0v) is 7.44. The molecule has 1 aromatic rings. The summed E-state index contributed by atoms with van der Waals surface area (Å²) in [5.41, 5.74) is 0.249. The molecule has 4 nitrogen and oxygen atoms in total. The maximum absolute atomic E-state index is 10.6. The Morgan fingerprint density at radius 2 is 1.92 bits per heavy atom. The van der Waals surface area contributed by atoms with E-state index in [0.717, 1.165) is 0 Å². The first kappa shape index (κ1) is 9.22. The first-order valence-corrected chi connectivity index (χ1v) is 3.65. The van der Waals surface area contributed by atoms with Crippen LogP contribution in [0, 0.1) is 6.92 Å². The average Bonchev–Trinajstić information content (AvgIpc) is 2.30. The van der Waals surface area contributed by atoms with Gasteiger partial charge in [-0.2, -0.15) is 0 Å². The number of nitrogens with zero attached hydrogens (tertiary/aromatic N) is 1. The van der Waals surface area contributed by atoms with Gasteiger partial charge >= 0.3 is 5.24 Å². The first-order valence-electron chi connectivity index (χ1n) is 2.89. The van der Waals surface area contributed by atoms with Gasteiger partial charge in [-0.25, -0.2) is 4.98 Å². The minimum Gasteiger partial charge on any atom is -0.428 e. The SMILES string of the molecule is Cc1nc(C(=O)Cl)oc1C(=O)Cl. The van der Waals surface area contributed by atoms with Crippen LogP contribution in [0.1, 0.15) is 26.9 Å². The molecular weight excluding hydrogens is 205 g/mol. The van der Waals surface area contributed by atoms with Crippen LogP contribution in [0.25, 0.3) is 0 Å². The van der Waals surface area contributed by atoms with Crippen molar-refractivity contribution < 1.29 is 14.0 Å². The lowest BCUT2D eigenvalue weighted by Gasteiger charge is -1.83. The highest BCUT2D eigenvalue weighted by Crippen LogP contribution is 2.13. The summed E-state index contributed by atoms with van der Waals surface area (Å²) in [5.74, 6) is -0.473. The Morgan fingerprint density at radius 3 is 2.17 bits per heavy atom. The topological polar surface area (TPSA) is 60.2 Å². The molecule has 0 spiro atoms. The molecule has 0 N–H and O–H groups in total. The molecule has 0 aliphatic heterocycles. The predicted octanol–water partition coefficient (Wildman–Crippen LogP) is 1.74. The summed E-state index contributed by atoms with van der Waals surface area (Å²) >= 11 is 10.1. The van der Waals surface area contributed by atoms with E-state index in [0.29, 0.717) is 0 Å². The van der Waals surface area contributed by atoms with E-state index in [1.54, 1.807) is 0 Å². The highest BCUT2D eigenvalue weighted by Gasteiger charge is 2.18. The Labute approximate surface area is 77.5 Å². The van der Waals surface area contributed by atoms with Crippen LogP contribution in [0.5, 0.6) is 0 Å². The molecule has 0 bridgehead atoms. The van der Waals surface area contributed by atoms with Gasteiger partial charge in [-0.1, -0.05) is 0 Å². The van der Waals surface area contributed by atoms with Crippen molar-refractivity contribution in [2.75, 3.05) is 0 Å². The van der Waals surface area contributed by atoms with Crippen molar-refractivity contribution >= 4 is 33.7 Å². The van der Waals surface area contributed by atoms with Gasteiger partial charge in [-0.05, 0) is 30.1 Å². The Balaban J connectivity index is 3.17. The third-order valence-electron chi connectivity index (χ3n) is 1.14. The fourth-order valence-corrected chi connectivity index (χ4v) is 0.919. The van der Waals surface area contributed by atoms with Crippen molar-refractivity contribution in [1.29, 1.82) is 0 Å². The number of carbonyl (C=O) groups is 2. The number of carbonyl (C=O) groups excluding carboxylic acids is 2. The van der Waals surface area contributed by atoms with Crippen LogP contribution in [0.2, 0.25) is 0 Å². The molecule has 0 unspecified atom stereocenters. The van der Waals surface area contributed by atoms with Crippen LogP contribution in [-0.4, -0.2) is 15.5 Å². The zero-order valence-electron chi connectivity index (χ0n) is 5.93. The van der Waals surface area contributed by atoms with Gasteiger partial charge in [-0.15, -0.1) is 0 Å². The van der Waals surface area contributed by atoms with Gasteiger partial charge in [0.2, 0.25) is 5.76 Å². The smallest absolute Gasteiger partial charge is 0.307 e. The number of aryl methyl sites for hydroxylation is 1. The lowest BCUT2D eigenvalue weighted by molar-refractivity contribution is 0.103. The molecule has 0 aliphatic rings. The average molecular weight is 208 g/mol. The van der Waals surface area contributed by atoms with Crippen molar-refractivity contribution in [1.82, 2.24) is 4.98 Å². The summed E-state index contributed by atoms with van der Waals surface area (Å²) in [6.07, 6.45) is 0. The molecule has 0 fully saturated rings. The standard InChI is InChI=1S/C6H3Cl2NO3/c1-2-3(4(7)10)12-6(9-2)5(8)11/h1H3. The zero-order chi connectivity index (χ0) is 9.30. The van der Waals surface area contributed by atoms with E-state index < -0.39 is 10.5 Å². The van der Waals surface area contributed by atoms with Gasteiger partial charge in [0.05, 0.1) is 5.69 Å². The molecule has 0 radical (unpaired) electrons. The van der Waals surface area contributed by atoms with Gasteiger partial charge in [0.1, 0.15) is 0 Å². The fraction of sp³-hybridized carbons (Fsp3) is 0.167. The molecule has 0 saturated carbocycles. The molecule has 0 aromatic carbocycles. The molecule has 12 heavy (non-hydrogen) atoms. The molecule has 1 aromatic heterocycles. The number of halogens is 2. The molecule has 0 saturated heterocycles. The summed E-state index contributed by atoms with van der Waals surface area (Å²) in [6, 6.07) is 0. The van der Waals surface area contributed by atoms with Crippen molar-refractivity contribution in [3.63, 3.8) is 0 Å². The molecule has 0 atom stereocenters. The van der Waals surface area contributed by atoms with E-state index in [9.17, 15) is 9.59 Å². The summed E-state index contributed by atoms with van der Waals surface area (Å²) in [7, 11) is 0. The van der Waals surface area contributed by atoms with Crippen molar-refractivity contribution in [2.24, 2.45) is 0 Å². The van der Waals surface area contributed by atoms with Crippen LogP contribution in [0.4, 0.5) is 0 Å². The number of oxazole rings is 1. The van der Waals surface area contributed by atoms with E-state index in [1.807, 2.05) is 0 Å².